The van der Waals surface area contributed by atoms with Gasteiger partial charge < -0.3 is 21.0 Å². The SMILES string of the molecule is CO/N=C(/C(=O)N[C@@H]1C(=O)N2C(C(=O)O)=C(/C=C/c3ncsc3C)CC[C@H]12)c1csc(N)n1. The molecular weight excluding hydrogens is 468 g/mol. The molecule has 4 N–H and O–H groups in total. The summed E-state index contributed by atoms with van der Waals surface area (Å²) in [6, 6.07) is -1.36. The first-order valence-electron chi connectivity index (χ1n) is 9.83. The van der Waals surface area contributed by atoms with Crippen LogP contribution in [0.15, 0.2) is 33.4 Å². The molecule has 0 spiro atoms. The van der Waals surface area contributed by atoms with Gasteiger partial charge in [-0.2, -0.15) is 0 Å². The van der Waals surface area contributed by atoms with Gasteiger partial charge in [-0.15, -0.1) is 22.7 Å². The summed E-state index contributed by atoms with van der Waals surface area (Å²) in [7, 11) is 1.28. The van der Waals surface area contributed by atoms with Crippen molar-refractivity contribution in [2.24, 2.45) is 5.16 Å². The summed E-state index contributed by atoms with van der Waals surface area (Å²) >= 11 is 2.63. The van der Waals surface area contributed by atoms with Crippen LogP contribution in [0.25, 0.3) is 6.08 Å². The molecule has 2 amide bonds. The van der Waals surface area contributed by atoms with Crippen LogP contribution in [0.4, 0.5) is 5.13 Å². The van der Waals surface area contributed by atoms with Gasteiger partial charge in [0, 0.05) is 10.3 Å². The zero-order chi connectivity index (χ0) is 23.7. The Balaban J connectivity index is 1.54. The van der Waals surface area contributed by atoms with Gasteiger partial charge in [0.25, 0.3) is 11.8 Å². The molecule has 1 saturated heterocycles. The van der Waals surface area contributed by atoms with Crippen LogP contribution in [-0.4, -0.2) is 62.7 Å². The molecular formula is C20H20N6O5S2. The maximum Gasteiger partial charge on any atom is 0.352 e. The minimum absolute atomic E-state index is 0.0797. The second kappa shape index (κ2) is 9.11. The summed E-state index contributed by atoms with van der Waals surface area (Å²) < 4.78 is 0. The van der Waals surface area contributed by atoms with E-state index in [1.165, 1.54) is 23.3 Å². The number of β-lactam (4-membered cyclic amide) rings is 1. The highest BCUT2D eigenvalue weighted by Gasteiger charge is 2.53. The van der Waals surface area contributed by atoms with Gasteiger partial charge in [0.15, 0.2) is 10.8 Å². The number of hydrogen-bond donors (Lipinski definition) is 3. The van der Waals surface area contributed by atoms with Crippen LogP contribution in [0, 0.1) is 6.92 Å². The topological polar surface area (TPSA) is 160 Å². The standard InChI is InChI=1S/C20H20N6O5S2/c1-9-11(22-8-33-9)5-3-10-4-6-13-15(18(28)26(13)16(10)19(29)30)24-17(27)14(25-31-2)12-7-32-20(21)23-12/h3,5,7-8,13,15H,4,6H2,1-2H3,(H2,21,23)(H,24,27)(H,29,30)/b5-3+,25-14+/t13-,15+/m1/s1. The number of fused-ring (bicyclic) bond motifs is 1. The van der Waals surface area contributed by atoms with Crippen molar-refractivity contribution in [2.75, 3.05) is 12.8 Å². The number of carboxylic acid groups (broad SMARTS) is 1. The van der Waals surface area contributed by atoms with Crippen molar-refractivity contribution < 1.29 is 24.3 Å². The third kappa shape index (κ3) is 4.24. The van der Waals surface area contributed by atoms with Gasteiger partial charge in [0.05, 0.1) is 17.2 Å². The van der Waals surface area contributed by atoms with Crippen LogP contribution < -0.4 is 11.1 Å². The van der Waals surface area contributed by atoms with E-state index in [0.717, 1.165) is 21.9 Å². The third-order valence-electron chi connectivity index (χ3n) is 5.35. The maximum atomic E-state index is 12.9. The van der Waals surface area contributed by atoms with Crippen LogP contribution in [0.1, 0.15) is 29.1 Å². The van der Waals surface area contributed by atoms with Gasteiger partial charge in [-0.3, -0.25) is 14.5 Å². The number of carbonyl (C=O) groups is 3. The normalized spacial score (nSPS) is 20.6. The fourth-order valence-corrected chi connectivity index (χ4v) is 4.92. The first-order valence-corrected chi connectivity index (χ1v) is 11.6. The molecule has 0 radical (unpaired) electrons. The Bertz CT molecular complexity index is 1210. The quantitative estimate of drug-likeness (QED) is 0.299. The number of carbonyl (C=O) groups excluding carboxylic acids is 2. The maximum absolute atomic E-state index is 12.9. The molecule has 0 aromatic carbocycles. The van der Waals surface area contributed by atoms with Gasteiger partial charge in [0.2, 0.25) is 0 Å². The molecule has 11 nitrogen and oxygen atoms in total. The number of anilines is 1. The monoisotopic (exact) mass is 488 g/mol. The van der Waals surface area contributed by atoms with E-state index in [4.69, 9.17) is 10.6 Å². The molecule has 0 bridgehead atoms. The van der Waals surface area contributed by atoms with Crippen LogP contribution in [0.2, 0.25) is 0 Å². The van der Waals surface area contributed by atoms with Crippen molar-refractivity contribution >= 4 is 57.4 Å². The first-order chi connectivity index (χ1) is 15.8. The average Bonchev–Trinajstić information content (AvgIpc) is 3.40. The molecule has 4 heterocycles. The molecule has 2 aromatic heterocycles. The minimum Gasteiger partial charge on any atom is -0.477 e. The van der Waals surface area contributed by atoms with Crippen LogP contribution >= 0.6 is 22.7 Å². The number of hydrogen-bond acceptors (Lipinski definition) is 10. The molecule has 13 heteroatoms. The number of nitrogens with one attached hydrogen (secondary N) is 1. The first kappa shape index (κ1) is 22.6. The van der Waals surface area contributed by atoms with E-state index in [0.29, 0.717) is 18.4 Å². The van der Waals surface area contributed by atoms with E-state index in [9.17, 15) is 19.5 Å². The summed E-state index contributed by atoms with van der Waals surface area (Å²) in [5.41, 5.74) is 8.65. The summed E-state index contributed by atoms with van der Waals surface area (Å²) in [4.78, 5) is 52.9. The molecule has 0 aliphatic carbocycles. The predicted octanol–water partition coefficient (Wildman–Crippen LogP) is 1.38. The van der Waals surface area contributed by atoms with Crippen molar-refractivity contribution in [1.82, 2.24) is 20.2 Å². The van der Waals surface area contributed by atoms with Crippen LogP contribution in [-0.2, 0) is 19.2 Å². The second-order valence-electron chi connectivity index (χ2n) is 7.26. The lowest BCUT2D eigenvalue weighted by Crippen LogP contribution is -2.72. The Morgan fingerprint density at radius 2 is 2.18 bits per heavy atom. The van der Waals surface area contributed by atoms with Crippen molar-refractivity contribution in [3.05, 3.63) is 44.5 Å². The predicted molar refractivity (Wildman–Crippen MR) is 122 cm³/mol. The van der Waals surface area contributed by atoms with Crippen LogP contribution in [0.3, 0.4) is 0 Å². The number of thiazole rings is 2. The number of allylic oxidation sites excluding steroid dienone is 2. The molecule has 33 heavy (non-hydrogen) atoms. The molecule has 0 saturated carbocycles. The van der Waals surface area contributed by atoms with Crippen LogP contribution in [0.5, 0.6) is 0 Å². The number of nitrogens with zero attached hydrogens (tertiary/aromatic N) is 4. The van der Waals surface area contributed by atoms with Gasteiger partial charge in [-0.1, -0.05) is 11.2 Å². The zero-order valence-corrected chi connectivity index (χ0v) is 19.3. The summed E-state index contributed by atoms with van der Waals surface area (Å²) in [5, 5.41) is 17.9. The van der Waals surface area contributed by atoms with Gasteiger partial charge in [0.1, 0.15) is 24.5 Å². The number of carboxylic acids is 1. The molecule has 1 fully saturated rings. The number of oxime groups is 1. The van der Waals surface area contributed by atoms with Crippen molar-refractivity contribution in [2.45, 2.75) is 31.8 Å². The van der Waals surface area contributed by atoms with E-state index < -0.39 is 29.9 Å². The van der Waals surface area contributed by atoms with E-state index in [1.807, 2.05) is 6.92 Å². The summed E-state index contributed by atoms with van der Waals surface area (Å²) in [6.45, 7) is 1.92. The molecule has 2 atom stereocenters. The van der Waals surface area contributed by atoms with Gasteiger partial charge in [-0.25, -0.2) is 14.8 Å². The lowest BCUT2D eigenvalue weighted by molar-refractivity contribution is -0.155. The fourth-order valence-electron chi connectivity index (χ4n) is 3.81. The van der Waals surface area contributed by atoms with E-state index in [1.54, 1.807) is 23.0 Å². The largest absolute Gasteiger partial charge is 0.477 e. The Morgan fingerprint density at radius 3 is 2.79 bits per heavy atom. The Kier molecular flexibility index (Phi) is 6.24. The number of nitrogen functional groups attached to an aromatic ring is 1. The van der Waals surface area contributed by atoms with Crippen molar-refractivity contribution in [3.8, 4) is 0 Å². The van der Waals surface area contributed by atoms with E-state index in [-0.39, 0.29) is 22.2 Å². The third-order valence-corrected chi connectivity index (χ3v) is 6.80. The van der Waals surface area contributed by atoms with E-state index >= 15 is 0 Å². The molecule has 172 valence electrons. The molecule has 2 aliphatic rings. The number of amides is 2. The number of nitrogens with two attached hydrogens (primary N) is 1. The number of aryl methyl sites for hydroxylation is 1. The highest BCUT2D eigenvalue weighted by Crippen LogP contribution is 2.37. The molecule has 2 aromatic rings. The zero-order valence-electron chi connectivity index (χ0n) is 17.6. The Morgan fingerprint density at radius 1 is 1.39 bits per heavy atom. The minimum atomic E-state index is -1.20. The second-order valence-corrected chi connectivity index (χ2v) is 9.21. The Hall–Kier alpha value is -3.58. The molecule has 4 rings (SSSR count). The fraction of sp³-hybridized carbons (Fsp3) is 0.300. The lowest BCUT2D eigenvalue weighted by atomic mass is 9.83. The highest BCUT2D eigenvalue weighted by molar-refractivity contribution is 7.13. The average molecular weight is 489 g/mol. The van der Waals surface area contributed by atoms with Crippen molar-refractivity contribution in [3.63, 3.8) is 0 Å². The molecule has 0 unspecified atom stereocenters. The number of aliphatic carboxylic acids is 1. The number of rotatable bonds is 7. The molecule has 2 aliphatic heterocycles. The van der Waals surface area contributed by atoms with Crippen molar-refractivity contribution in [1.29, 1.82) is 0 Å². The summed E-state index contributed by atoms with van der Waals surface area (Å²) in [5.74, 6) is -2.37. The summed E-state index contributed by atoms with van der Waals surface area (Å²) in [6.07, 6.45) is 4.37. The van der Waals surface area contributed by atoms with Gasteiger partial charge >= 0.3 is 5.97 Å². The highest BCUT2D eigenvalue weighted by atomic mass is 32.1. The smallest absolute Gasteiger partial charge is 0.352 e. The van der Waals surface area contributed by atoms with Gasteiger partial charge in [-0.05, 0) is 31.4 Å². The lowest BCUT2D eigenvalue weighted by Gasteiger charge is -2.50. The van der Waals surface area contributed by atoms with E-state index in [2.05, 4.69) is 20.4 Å². The number of aromatic nitrogens is 2. The Labute approximate surface area is 196 Å².